The molecule has 1 N–H and O–H groups in total. The van der Waals surface area contributed by atoms with E-state index in [0.717, 1.165) is 18.4 Å². The zero-order chi connectivity index (χ0) is 9.26. The van der Waals surface area contributed by atoms with Crippen LogP contribution in [0.15, 0.2) is 18.2 Å². The highest BCUT2D eigenvalue weighted by molar-refractivity contribution is 5.92. The number of hydrogen-bond donors (Lipinski definition) is 1. The molecule has 0 saturated heterocycles. The van der Waals surface area contributed by atoms with Gasteiger partial charge in [0.25, 0.3) is 0 Å². The summed E-state index contributed by atoms with van der Waals surface area (Å²) >= 11 is 0. The van der Waals surface area contributed by atoms with Gasteiger partial charge in [-0.2, -0.15) is 0 Å². The molecule has 0 aliphatic carbocycles. The summed E-state index contributed by atoms with van der Waals surface area (Å²) in [4.78, 5) is 11.1. The van der Waals surface area contributed by atoms with Gasteiger partial charge in [0.1, 0.15) is 5.82 Å². The van der Waals surface area contributed by atoms with E-state index in [-0.39, 0.29) is 13.2 Å². The van der Waals surface area contributed by atoms with Crippen molar-refractivity contribution in [3.8, 4) is 0 Å². The van der Waals surface area contributed by atoms with Gasteiger partial charge in [-0.15, -0.1) is 0 Å². The van der Waals surface area contributed by atoms with E-state index >= 15 is 0 Å². The van der Waals surface area contributed by atoms with Gasteiger partial charge in [0.15, 0.2) is 0 Å². The van der Waals surface area contributed by atoms with E-state index in [1.54, 1.807) is 6.07 Å². The Labute approximate surface area is 77.2 Å². The minimum atomic E-state index is -0.305. The summed E-state index contributed by atoms with van der Waals surface area (Å²) in [6, 6.07) is 4.53. The second-order valence-corrected chi connectivity index (χ2v) is 3.20. The quantitative estimate of drug-likeness (QED) is 0.654. The Balaban J connectivity index is 0.000000980. The van der Waals surface area contributed by atoms with Gasteiger partial charge in [0.05, 0.1) is 0 Å². The first-order chi connectivity index (χ1) is 6.25. The molecular weight excluding hydrogens is 169 g/mol. The van der Waals surface area contributed by atoms with Gasteiger partial charge in [0.2, 0.25) is 5.91 Å². The summed E-state index contributed by atoms with van der Waals surface area (Å²) in [6.07, 6.45) is 2.20. The first kappa shape index (κ1) is 8.23. The molecule has 0 unspecified atom stereocenters. The summed E-state index contributed by atoms with van der Waals surface area (Å²) in [5.74, 6) is -0.328. The molecule has 13 heavy (non-hydrogen) atoms. The van der Waals surface area contributed by atoms with E-state index < -0.39 is 0 Å². The predicted octanol–water partition coefficient (Wildman–Crippen LogP) is 2.35. The van der Waals surface area contributed by atoms with Gasteiger partial charge >= 0.3 is 0 Å². The summed E-state index contributed by atoms with van der Waals surface area (Å²) in [5.41, 5.74) is 1.65. The summed E-state index contributed by atoms with van der Waals surface area (Å²) < 4.78 is 12.8. The molecule has 1 aliphatic heterocycles. The summed E-state index contributed by atoms with van der Waals surface area (Å²) in [7, 11) is 0. The molecule has 0 atom stereocenters. The van der Waals surface area contributed by atoms with Crippen LogP contribution in [0.2, 0.25) is 0 Å². The molecule has 3 heteroatoms. The standard InChI is InChI=1S/C10H10FNO.H2/c11-8-5-4-7-2-1-3-10(13)12-9(7)6-8;/h4-6H,1-3H2,(H,12,13);1H. The average Bonchev–Trinajstić information content (AvgIpc) is 2.25. The zero-order valence-corrected chi connectivity index (χ0v) is 7.14. The van der Waals surface area contributed by atoms with Crippen LogP contribution in [0.25, 0.3) is 0 Å². The molecule has 0 spiro atoms. The third kappa shape index (κ3) is 1.69. The maximum absolute atomic E-state index is 12.8. The number of rotatable bonds is 0. The molecule has 1 aliphatic rings. The van der Waals surface area contributed by atoms with Crippen molar-refractivity contribution in [3.63, 3.8) is 0 Å². The number of fused-ring (bicyclic) bond motifs is 1. The Morgan fingerprint density at radius 3 is 3.08 bits per heavy atom. The highest BCUT2D eigenvalue weighted by atomic mass is 19.1. The number of aryl methyl sites for hydroxylation is 1. The monoisotopic (exact) mass is 181 g/mol. The van der Waals surface area contributed by atoms with Gasteiger partial charge in [-0.3, -0.25) is 4.79 Å². The fraction of sp³-hybridized carbons (Fsp3) is 0.300. The maximum Gasteiger partial charge on any atom is 0.224 e. The number of hydrogen-bond acceptors (Lipinski definition) is 1. The van der Waals surface area contributed by atoms with E-state index in [2.05, 4.69) is 5.32 Å². The molecule has 70 valence electrons. The second-order valence-electron chi connectivity index (χ2n) is 3.20. The van der Waals surface area contributed by atoms with Crippen LogP contribution in [0, 0.1) is 5.82 Å². The molecule has 0 fully saturated rings. The topological polar surface area (TPSA) is 29.1 Å². The lowest BCUT2D eigenvalue weighted by molar-refractivity contribution is -0.116. The Bertz CT molecular complexity index is 354. The van der Waals surface area contributed by atoms with Crippen molar-refractivity contribution in [1.29, 1.82) is 0 Å². The van der Waals surface area contributed by atoms with Gasteiger partial charge in [-0.05, 0) is 30.5 Å². The summed E-state index contributed by atoms with van der Waals surface area (Å²) in [6.45, 7) is 0. The van der Waals surface area contributed by atoms with Crippen LogP contribution in [0.5, 0.6) is 0 Å². The molecule has 2 nitrogen and oxygen atoms in total. The fourth-order valence-electron chi connectivity index (χ4n) is 1.54. The smallest absolute Gasteiger partial charge is 0.224 e. The lowest BCUT2D eigenvalue weighted by atomic mass is 10.1. The van der Waals surface area contributed by atoms with Gasteiger partial charge in [-0.1, -0.05) is 6.07 Å². The summed E-state index contributed by atoms with van der Waals surface area (Å²) in [5, 5.41) is 2.68. The normalized spacial score (nSPS) is 15.9. The van der Waals surface area contributed by atoms with Gasteiger partial charge in [0, 0.05) is 13.5 Å². The molecule has 0 bridgehead atoms. The van der Waals surface area contributed by atoms with Crippen molar-refractivity contribution in [2.24, 2.45) is 0 Å². The molecule has 0 radical (unpaired) electrons. The second kappa shape index (κ2) is 3.17. The number of anilines is 1. The van der Waals surface area contributed by atoms with Crippen LogP contribution in [0.3, 0.4) is 0 Å². The molecule has 1 aromatic carbocycles. The van der Waals surface area contributed by atoms with Crippen molar-refractivity contribution >= 4 is 11.6 Å². The van der Waals surface area contributed by atoms with Crippen molar-refractivity contribution in [2.45, 2.75) is 19.3 Å². The van der Waals surface area contributed by atoms with E-state index in [1.807, 2.05) is 0 Å². The van der Waals surface area contributed by atoms with Crippen LogP contribution in [0.4, 0.5) is 10.1 Å². The number of carbonyl (C=O) groups is 1. The molecule has 1 aromatic rings. The number of carbonyl (C=O) groups excluding carboxylic acids is 1. The Kier molecular flexibility index (Phi) is 2.00. The number of halogens is 1. The van der Waals surface area contributed by atoms with Gasteiger partial charge in [-0.25, -0.2) is 4.39 Å². The van der Waals surface area contributed by atoms with E-state index in [0.29, 0.717) is 12.1 Å². The maximum atomic E-state index is 12.8. The lowest BCUT2D eigenvalue weighted by Gasteiger charge is -2.05. The zero-order valence-electron chi connectivity index (χ0n) is 7.14. The number of nitrogens with one attached hydrogen (secondary N) is 1. The van der Waals surface area contributed by atoms with Crippen molar-refractivity contribution in [3.05, 3.63) is 29.6 Å². The number of benzene rings is 1. The fourth-order valence-corrected chi connectivity index (χ4v) is 1.54. The van der Waals surface area contributed by atoms with E-state index in [4.69, 9.17) is 0 Å². The van der Waals surface area contributed by atoms with Crippen LogP contribution in [0.1, 0.15) is 19.8 Å². The SMILES string of the molecule is O=C1CCCc2ccc(F)cc2N1.[HH]. The molecule has 2 rings (SSSR count). The van der Waals surface area contributed by atoms with Crippen LogP contribution in [-0.2, 0) is 11.2 Å². The highest BCUT2D eigenvalue weighted by Crippen LogP contribution is 2.22. The molecule has 0 saturated carbocycles. The minimum absolute atomic E-state index is 0. The largest absolute Gasteiger partial charge is 0.326 e. The van der Waals surface area contributed by atoms with E-state index in [1.165, 1.54) is 12.1 Å². The van der Waals surface area contributed by atoms with Crippen molar-refractivity contribution in [1.82, 2.24) is 0 Å². The van der Waals surface area contributed by atoms with Crippen LogP contribution < -0.4 is 5.32 Å². The first-order valence-corrected chi connectivity index (χ1v) is 4.34. The Morgan fingerprint density at radius 1 is 1.38 bits per heavy atom. The Hall–Kier alpha value is -1.38. The molecule has 1 heterocycles. The van der Waals surface area contributed by atoms with Gasteiger partial charge < -0.3 is 5.32 Å². The predicted molar refractivity (Wildman–Crippen MR) is 50.1 cm³/mol. The van der Waals surface area contributed by atoms with Crippen molar-refractivity contribution in [2.75, 3.05) is 5.32 Å². The minimum Gasteiger partial charge on any atom is -0.326 e. The molecule has 0 aromatic heterocycles. The Morgan fingerprint density at radius 2 is 2.23 bits per heavy atom. The van der Waals surface area contributed by atoms with E-state index in [9.17, 15) is 9.18 Å². The lowest BCUT2D eigenvalue weighted by Crippen LogP contribution is -2.09. The average molecular weight is 181 g/mol. The van der Waals surface area contributed by atoms with Crippen LogP contribution >= 0.6 is 0 Å². The van der Waals surface area contributed by atoms with Crippen LogP contribution in [-0.4, -0.2) is 5.91 Å². The molecular formula is C10H12FNO. The highest BCUT2D eigenvalue weighted by Gasteiger charge is 2.12. The third-order valence-electron chi connectivity index (χ3n) is 2.20. The molecule has 1 amide bonds. The van der Waals surface area contributed by atoms with Crippen molar-refractivity contribution < 1.29 is 10.6 Å². The number of amides is 1. The first-order valence-electron chi connectivity index (χ1n) is 4.34. The third-order valence-corrected chi connectivity index (χ3v) is 2.20.